The summed E-state index contributed by atoms with van der Waals surface area (Å²) >= 11 is 0. The van der Waals surface area contributed by atoms with E-state index in [2.05, 4.69) is 9.99 Å². The average Bonchev–Trinajstić information content (AvgIpc) is 2.14. The van der Waals surface area contributed by atoms with Gasteiger partial charge >= 0.3 is 0 Å². The van der Waals surface area contributed by atoms with E-state index in [0.29, 0.717) is 12.5 Å². The fourth-order valence-corrected chi connectivity index (χ4v) is 0.509. The number of nitrogens with zero attached hydrogens (tertiary/aromatic N) is 1. The van der Waals surface area contributed by atoms with E-state index in [1.165, 1.54) is 7.11 Å². The third-order valence-corrected chi connectivity index (χ3v) is 0.935. The number of ether oxygens (including phenoxy) is 1. The predicted octanol–water partition coefficient (Wildman–Crippen LogP) is -0.696. The summed E-state index contributed by atoms with van der Waals surface area (Å²) in [4.78, 5) is 4.60. The van der Waals surface area contributed by atoms with E-state index in [-0.39, 0.29) is 6.04 Å². The molecule has 1 unspecified atom stereocenters. The number of hydrogen-bond acceptors (Lipinski definition) is 4. The van der Waals surface area contributed by atoms with Gasteiger partial charge in [-0.15, -0.1) is 0 Å². The lowest BCUT2D eigenvalue weighted by atomic mass is 10.3. The van der Waals surface area contributed by atoms with Gasteiger partial charge in [-0.3, -0.25) is 0 Å². The van der Waals surface area contributed by atoms with Crippen LogP contribution in [0.1, 0.15) is 0 Å². The third-order valence-electron chi connectivity index (χ3n) is 0.935. The summed E-state index contributed by atoms with van der Waals surface area (Å²) in [5.41, 5.74) is 5.41. The van der Waals surface area contributed by atoms with Crippen molar-refractivity contribution < 1.29 is 9.57 Å². The molecule has 0 saturated heterocycles. The van der Waals surface area contributed by atoms with Crippen LogP contribution >= 0.6 is 0 Å². The molecule has 0 bridgehead atoms. The van der Waals surface area contributed by atoms with Gasteiger partial charge in [0, 0.05) is 0 Å². The second-order valence-electron chi connectivity index (χ2n) is 1.54. The van der Waals surface area contributed by atoms with Crippen molar-refractivity contribution in [3.63, 3.8) is 0 Å². The van der Waals surface area contributed by atoms with Crippen LogP contribution in [0.15, 0.2) is 5.16 Å². The molecule has 1 atom stereocenters. The number of nitrogens with two attached hydrogens (primary N) is 1. The van der Waals surface area contributed by atoms with Crippen molar-refractivity contribution in [3.05, 3.63) is 0 Å². The first-order chi connectivity index (χ1) is 3.84. The SMILES string of the molecule is COC1=NOCC1N. The molecule has 0 amide bonds. The molecule has 1 aliphatic heterocycles. The first-order valence-corrected chi connectivity index (χ1v) is 2.34. The summed E-state index contributed by atoms with van der Waals surface area (Å²) in [6.45, 7) is 0.434. The van der Waals surface area contributed by atoms with E-state index in [1.807, 2.05) is 0 Å². The highest BCUT2D eigenvalue weighted by Crippen LogP contribution is 1.97. The van der Waals surface area contributed by atoms with Crippen molar-refractivity contribution in [1.29, 1.82) is 0 Å². The highest BCUT2D eigenvalue weighted by atomic mass is 16.7. The molecule has 0 saturated carbocycles. The van der Waals surface area contributed by atoms with Gasteiger partial charge in [0.25, 0.3) is 0 Å². The van der Waals surface area contributed by atoms with Crippen LogP contribution in [0.25, 0.3) is 0 Å². The van der Waals surface area contributed by atoms with Crippen LogP contribution in [0.2, 0.25) is 0 Å². The van der Waals surface area contributed by atoms with Crippen molar-refractivity contribution in [2.45, 2.75) is 6.04 Å². The Morgan fingerprint density at radius 1 is 2.00 bits per heavy atom. The average molecular weight is 116 g/mol. The standard InChI is InChI=1S/C4H8N2O2/c1-7-4-3(5)2-8-6-4/h3H,2,5H2,1H3. The fraction of sp³-hybridized carbons (Fsp3) is 0.750. The van der Waals surface area contributed by atoms with Crippen LogP contribution in [0, 0.1) is 0 Å². The lowest BCUT2D eigenvalue weighted by molar-refractivity contribution is 0.166. The molecule has 4 heteroatoms. The molecule has 0 spiro atoms. The number of rotatable bonds is 0. The van der Waals surface area contributed by atoms with E-state index in [0.717, 1.165) is 0 Å². The molecule has 0 aliphatic carbocycles. The molecular formula is C4H8N2O2. The summed E-state index contributed by atoms with van der Waals surface area (Å²) in [5, 5.41) is 3.50. The maximum absolute atomic E-state index is 5.41. The molecule has 46 valence electrons. The lowest BCUT2D eigenvalue weighted by Gasteiger charge is -1.98. The van der Waals surface area contributed by atoms with Gasteiger partial charge in [0.15, 0.2) is 0 Å². The molecule has 1 aliphatic rings. The van der Waals surface area contributed by atoms with Crippen LogP contribution < -0.4 is 5.73 Å². The summed E-state index contributed by atoms with van der Waals surface area (Å²) in [6, 6.07) is -0.167. The van der Waals surface area contributed by atoms with Crippen molar-refractivity contribution in [3.8, 4) is 0 Å². The lowest BCUT2D eigenvalue weighted by Crippen LogP contribution is -2.30. The van der Waals surface area contributed by atoms with Gasteiger partial charge in [0.05, 0.1) is 7.11 Å². The zero-order valence-electron chi connectivity index (χ0n) is 4.63. The normalized spacial score (nSPS) is 26.8. The first kappa shape index (κ1) is 5.37. The Bertz CT molecular complexity index is 113. The molecule has 0 aromatic rings. The minimum atomic E-state index is -0.167. The number of oxime groups is 1. The van der Waals surface area contributed by atoms with Crippen molar-refractivity contribution in [2.24, 2.45) is 10.9 Å². The van der Waals surface area contributed by atoms with E-state index in [1.54, 1.807) is 0 Å². The van der Waals surface area contributed by atoms with E-state index >= 15 is 0 Å². The zero-order chi connectivity index (χ0) is 5.98. The fourth-order valence-electron chi connectivity index (χ4n) is 0.509. The Labute approximate surface area is 47.2 Å². The largest absolute Gasteiger partial charge is 0.481 e. The second kappa shape index (κ2) is 2.00. The Kier molecular flexibility index (Phi) is 1.34. The maximum atomic E-state index is 5.41. The van der Waals surface area contributed by atoms with E-state index in [9.17, 15) is 0 Å². The van der Waals surface area contributed by atoms with Gasteiger partial charge in [-0.2, -0.15) is 0 Å². The van der Waals surface area contributed by atoms with Crippen LogP contribution in [-0.4, -0.2) is 25.7 Å². The molecular weight excluding hydrogens is 108 g/mol. The molecule has 0 fully saturated rings. The van der Waals surface area contributed by atoms with Crippen LogP contribution in [-0.2, 0) is 9.57 Å². The molecule has 0 aromatic carbocycles. The minimum absolute atomic E-state index is 0.167. The molecule has 0 radical (unpaired) electrons. The Morgan fingerprint density at radius 3 is 3.00 bits per heavy atom. The summed E-state index contributed by atoms with van der Waals surface area (Å²) < 4.78 is 4.72. The molecule has 0 aromatic heterocycles. The Balaban J connectivity index is 2.49. The molecule has 4 nitrogen and oxygen atoms in total. The van der Waals surface area contributed by atoms with Crippen molar-refractivity contribution in [2.75, 3.05) is 13.7 Å². The second-order valence-corrected chi connectivity index (χ2v) is 1.54. The first-order valence-electron chi connectivity index (χ1n) is 2.34. The highest BCUT2D eigenvalue weighted by molar-refractivity contribution is 5.82. The highest BCUT2D eigenvalue weighted by Gasteiger charge is 2.18. The molecule has 8 heavy (non-hydrogen) atoms. The third kappa shape index (κ3) is 0.742. The van der Waals surface area contributed by atoms with Crippen molar-refractivity contribution in [1.82, 2.24) is 0 Å². The van der Waals surface area contributed by atoms with Gasteiger partial charge in [-0.1, -0.05) is 5.16 Å². The smallest absolute Gasteiger partial charge is 0.246 e. The van der Waals surface area contributed by atoms with Crippen LogP contribution in [0.4, 0.5) is 0 Å². The Hall–Kier alpha value is -0.770. The van der Waals surface area contributed by atoms with Gasteiger partial charge in [-0.05, 0) is 0 Å². The minimum Gasteiger partial charge on any atom is -0.481 e. The summed E-state index contributed by atoms with van der Waals surface area (Å²) in [7, 11) is 1.52. The van der Waals surface area contributed by atoms with Gasteiger partial charge in [0.1, 0.15) is 12.6 Å². The van der Waals surface area contributed by atoms with Crippen molar-refractivity contribution >= 4 is 5.90 Å². The molecule has 2 N–H and O–H groups in total. The number of hydrogen-bond donors (Lipinski definition) is 1. The van der Waals surface area contributed by atoms with Crippen LogP contribution in [0.5, 0.6) is 0 Å². The monoisotopic (exact) mass is 116 g/mol. The van der Waals surface area contributed by atoms with E-state index < -0.39 is 0 Å². The predicted molar refractivity (Wildman–Crippen MR) is 28.4 cm³/mol. The zero-order valence-corrected chi connectivity index (χ0v) is 4.63. The quantitative estimate of drug-likeness (QED) is 0.455. The van der Waals surface area contributed by atoms with Crippen LogP contribution in [0.3, 0.4) is 0 Å². The van der Waals surface area contributed by atoms with E-state index in [4.69, 9.17) is 10.5 Å². The molecule has 1 heterocycles. The van der Waals surface area contributed by atoms with Gasteiger partial charge in [0.2, 0.25) is 5.90 Å². The summed E-state index contributed by atoms with van der Waals surface area (Å²) in [6.07, 6.45) is 0. The topological polar surface area (TPSA) is 56.8 Å². The summed E-state index contributed by atoms with van der Waals surface area (Å²) in [5.74, 6) is 0.477. The Morgan fingerprint density at radius 2 is 2.75 bits per heavy atom. The molecule has 1 rings (SSSR count). The van der Waals surface area contributed by atoms with Gasteiger partial charge in [-0.25, -0.2) is 0 Å². The maximum Gasteiger partial charge on any atom is 0.246 e. The number of methoxy groups -OCH3 is 1. The van der Waals surface area contributed by atoms with Gasteiger partial charge < -0.3 is 15.3 Å².